The molecule has 106 valence electrons. The highest BCUT2D eigenvalue weighted by Gasteiger charge is 2.21. The fourth-order valence-electron chi connectivity index (χ4n) is 2.48. The maximum Gasteiger partial charge on any atom is 0.241 e. The van der Waals surface area contributed by atoms with Crippen molar-refractivity contribution < 1.29 is 8.42 Å². The molecule has 1 aliphatic rings. The van der Waals surface area contributed by atoms with Crippen molar-refractivity contribution in [3.05, 3.63) is 42.5 Å². The molecule has 1 N–H and O–H groups in total. The van der Waals surface area contributed by atoms with E-state index >= 15 is 0 Å². The molecule has 1 heterocycles. The van der Waals surface area contributed by atoms with Gasteiger partial charge in [-0.25, -0.2) is 13.1 Å². The molecule has 0 saturated carbocycles. The van der Waals surface area contributed by atoms with E-state index in [9.17, 15) is 8.42 Å². The van der Waals surface area contributed by atoms with Crippen LogP contribution in [-0.4, -0.2) is 26.5 Å². The quantitative estimate of drug-likeness (QED) is 0.945. The van der Waals surface area contributed by atoms with Gasteiger partial charge in [0.25, 0.3) is 0 Å². The third-order valence-corrected chi connectivity index (χ3v) is 6.34. The lowest BCUT2D eigenvalue weighted by atomic mass is 10.1. The van der Waals surface area contributed by atoms with Gasteiger partial charge in [-0.05, 0) is 35.3 Å². The number of hydrogen-bond donors (Lipinski definition) is 1. The molecule has 1 aliphatic heterocycles. The lowest BCUT2D eigenvalue weighted by Gasteiger charge is -2.12. The van der Waals surface area contributed by atoms with Crippen molar-refractivity contribution >= 4 is 32.6 Å². The summed E-state index contributed by atoms with van der Waals surface area (Å²) in [4.78, 5) is 0.376. The maximum atomic E-state index is 12.5. The van der Waals surface area contributed by atoms with Gasteiger partial charge in [0.05, 0.1) is 4.90 Å². The van der Waals surface area contributed by atoms with E-state index in [1.807, 2.05) is 42.1 Å². The number of rotatable bonds is 4. The predicted molar refractivity (Wildman–Crippen MR) is 84.6 cm³/mol. The average molecular weight is 307 g/mol. The van der Waals surface area contributed by atoms with Gasteiger partial charge in [-0.1, -0.05) is 36.4 Å². The smallest absolute Gasteiger partial charge is 0.211 e. The molecule has 3 rings (SSSR count). The lowest BCUT2D eigenvalue weighted by Crippen LogP contribution is -2.29. The Balaban J connectivity index is 1.88. The fourth-order valence-corrected chi connectivity index (χ4v) is 5.11. The second-order valence-corrected chi connectivity index (χ2v) is 7.94. The monoisotopic (exact) mass is 307 g/mol. The minimum atomic E-state index is -3.43. The molecule has 2 aromatic carbocycles. The molecule has 3 nitrogen and oxygen atoms in total. The van der Waals surface area contributed by atoms with Crippen LogP contribution >= 0.6 is 11.8 Å². The van der Waals surface area contributed by atoms with Crippen LogP contribution in [0.2, 0.25) is 0 Å². The van der Waals surface area contributed by atoms with Crippen molar-refractivity contribution in [3.8, 4) is 0 Å². The zero-order valence-electron chi connectivity index (χ0n) is 11.1. The van der Waals surface area contributed by atoms with E-state index in [2.05, 4.69) is 4.72 Å². The number of sulfonamides is 1. The number of nitrogens with one attached hydrogen (secondary N) is 1. The van der Waals surface area contributed by atoms with Crippen LogP contribution in [0.3, 0.4) is 0 Å². The van der Waals surface area contributed by atoms with Crippen LogP contribution in [0, 0.1) is 5.92 Å². The van der Waals surface area contributed by atoms with Crippen molar-refractivity contribution in [2.45, 2.75) is 11.3 Å². The fraction of sp³-hybridized carbons (Fsp3) is 0.333. The number of benzene rings is 2. The van der Waals surface area contributed by atoms with Crippen LogP contribution in [-0.2, 0) is 10.0 Å². The summed E-state index contributed by atoms with van der Waals surface area (Å²) in [5.74, 6) is 2.66. The Morgan fingerprint density at radius 2 is 1.95 bits per heavy atom. The minimum Gasteiger partial charge on any atom is -0.211 e. The van der Waals surface area contributed by atoms with Crippen molar-refractivity contribution in [1.29, 1.82) is 0 Å². The van der Waals surface area contributed by atoms with Crippen LogP contribution in [0.15, 0.2) is 47.4 Å². The molecular weight excluding hydrogens is 290 g/mol. The number of thioether (sulfide) groups is 1. The van der Waals surface area contributed by atoms with Crippen molar-refractivity contribution in [1.82, 2.24) is 4.72 Å². The highest BCUT2D eigenvalue weighted by atomic mass is 32.2. The summed E-state index contributed by atoms with van der Waals surface area (Å²) in [6, 6.07) is 13.0. The van der Waals surface area contributed by atoms with E-state index < -0.39 is 10.0 Å². The summed E-state index contributed by atoms with van der Waals surface area (Å²) in [7, 11) is -3.43. The summed E-state index contributed by atoms with van der Waals surface area (Å²) in [6.07, 6.45) is 1.10. The second kappa shape index (κ2) is 5.76. The Labute approximate surface area is 123 Å². The molecule has 2 aromatic rings. The number of hydrogen-bond acceptors (Lipinski definition) is 3. The van der Waals surface area contributed by atoms with Crippen LogP contribution in [0.4, 0.5) is 0 Å². The Bertz CT molecular complexity index is 701. The normalized spacial score (nSPS) is 19.5. The van der Waals surface area contributed by atoms with E-state index in [1.165, 1.54) is 0 Å². The van der Waals surface area contributed by atoms with Crippen LogP contribution in [0.25, 0.3) is 10.8 Å². The van der Waals surface area contributed by atoms with E-state index in [0.29, 0.717) is 17.4 Å². The van der Waals surface area contributed by atoms with E-state index in [4.69, 9.17) is 0 Å². The second-order valence-electron chi connectivity index (χ2n) is 5.06. The first-order chi connectivity index (χ1) is 9.67. The molecule has 1 fully saturated rings. The first-order valence-electron chi connectivity index (χ1n) is 6.72. The summed E-state index contributed by atoms with van der Waals surface area (Å²) in [5, 5.41) is 1.73. The molecule has 1 saturated heterocycles. The molecule has 1 unspecified atom stereocenters. The largest absolute Gasteiger partial charge is 0.241 e. The van der Waals surface area contributed by atoms with Crippen LogP contribution < -0.4 is 4.72 Å². The lowest BCUT2D eigenvalue weighted by molar-refractivity contribution is 0.546. The zero-order chi connectivity index (χ0) is 14.0. The van der Waals surface area contributed by atoms with Crippen molar-refractivity contribution in [2.24, 2.45) is 5.92 Å². The Hall–Kier alpha value is -1.04. The van der Waals surface area contributed by atoms with E-state index in [1.54, 1.807) is 12.1 Å². The van der Waals surface area contributed by atoms with Gasteiger partial charge in [-0.3, -0.25) is 0 Å². The summed E-state index contributed by atoms with van der Waals surface area (Å²) < 4.78 is 27.7. The molecule has 0 aliphatic carbocycles. The van der Waals surface area contributed by atoms with Crippen LogP contribution in [0.5, 0.6) is 0 Å². The van der Waals surface area contributed by atoms with Crippen molar-refractivity contribution in [2.75, 3.05) is 18.1 Å². The van der Waals surface area contributed by atoms with Gasteiger partial charge in [0.15, 0.2) is 0 Å². The van der Waals surface area contributed by atoms with Gasteiger partial charge < -0.3 is 0 Å². The van der Waals surface area contributed by atoms with Gasteiger partial charge in [-0.15, -0.1) is 0 Å². The van der Waals surface area contributed by atoms with Gasteiger partial charge >= 0.3 is 0 Å². The summed E-state index contributed by atoms with van der Waals surface area (Å²) in [6.45, 7) is 0.540. The minimum absolute atomic E-state index is 0.376. The van der Waals surface area contributed by atoms with E-state index in [0.717, 1.165) is 28.7 Å². The topological polar surface area (TPSA) is 46.2 Å². The van der Waals surface area contributed by atoms with Crippen molar-refractivity contribution in [3.63, 3.8) is 0 Å². The SMILES string of the molecule is O=S(=O)(NCC1CCSC1)c1cccc2ccccc12. The molecule has 20 heavy (non-hydrogen) atoms. The third-order valence-electron chi connectivity index (χ3n) is 3.63. The van der Waals surface area contributed by atoms with E-state index in [-0.39, 0.29) is 0 Å². The molecule has 0 bridgehead atoms. The Morgan fingerprint density at radius 1 is 1.15 bits per heavy atom. The van der Waals surface area contributed by atoms with Gasteiger partial charge in [0.1, 0.15) is 0 Å². The Morgan fingerprint density at radius 3 is 2.75 bits per heavy atom. The average Bonchev–Trinajstić information content (AvgIpc) is 2.98. The Kier molecular flexibility index (Phi) is 4.01. The molecule has 0 radical (unpaired) electrons. The molecular formula is C15H17NO2S2. The maximum absolute atomic E-state index is 12.5. The molecule has 0 spiro atoms. The van der Waals surface area contributed by atoms with Gasteiger partial charge in [-0.2, -0.15) is 11.8 Å². The number of fused-ring (bicyclic) bond motifs is 1. The zero-order valence-corrected chi connectivity index (χ0v) is 12.7. The molecule has 0 aromatic heterocycles. The summed E-state index contributed by atoms with van der Waals surface area (Å²) >= 11 is 1.90. The van der Waals surface area contributed by atoms with Gasteiger partial charge in [0.2, 0.25) is 10.0 Å². The molecule has 1 atom stereocenters. The molecule has 5 heteroatoms. The first kappa shape index (κ1) is 13.9. The summed E-state index contributed by atoms with van der Waals surface area (Å²) in [5.41, 5.74) is 0. The van der Waals surface area contributed by atoms with Gasteiger partial charge in [0, 0.05) is 11.9 Å². The van der Waals surface area contributed by atoms with Crippen LogP contribution in [0.1, 0.15) is 6.42 Å². The predicted octanol–water partition coefficient (Wildman–Crippen LogP) is 2.87. The standard InChI is InChI=1S/C15H17NO2S2/c17-20(18,16-10-12-8-9-19-11-12)15-7-3-5-13-4-1-2-6-14(13)15/h1-7,12,16H,8-11H2. The first-order valence-corrected chi connectivity index (χ1v) is 9.36. The third kappa shape index (κ3) is 2.85. The molecule has 0 amide bonds. The highest BCUT2D eigenvalue weighted by molar-refractivity contribution is 7.99. The highest BCUT2D eigenvalue weighted by Crippen LogP contribution is 2.25.